The number of nitrogens with one attached hydrogen (secondary N) is 1. The van der Waals surface area contributed by atoms with Gasteiger partial charge in [0.15, 0.2) is 0 Å². The van der Waals surface area contributed by atoms with Gasteiger partial charge in [0.25, 0.3) is 5.91 Å². The van der Waals surface area contributed by atoms with E-state index in [0.29, 0.717) is 5.56 Å². The third-order valence-corrected chi connectivity index (χ3v) is 4.62. The maximum absolute atomic E-state index is 12.7. The molecular formula is C19H20N4O. The van der Waals surface area contributed by atoms with Gasteiger partial charge in [-0.25, -0.2) is 4.98 Å². The second-order valence-corrected chi connectivity index (χ2v) is 6.30. The van der Waals surface area contributed by atoms with E-state index in [2.05, 4.69) is 21.8 Å². The van der Waals surface area contributed by atoms with Crippen molar-refractivity contribution in [2.24, 2.45) is 0 Å². The van der Waals surface area contributed by atoms with Crippen molar-refractivity contribution in [2.75, 3.05) is 0 Å². The lowest BCUT2D eigenvalue weighted by Gasteiger charge is -2.25. The number of imidazole rings is 1. The largest absolute Gasteiger partial charge is 0.347 e. The molecule has 1 aliphatic heterocycles. The molecule has 1 unspecified atom stereocenters. The number of carbonyl (C=O) groups excluding carboxylic acids is 1. The quantitative estimate of drug-likeness (QED) is 0.807. The highest BCUT2D eigenvalue weighted by Gasteiger charge is 2.21. The van der Waals surface area contributed by atoms with Crippen LogP contribution in [-0.4, -0.2) is 26.1 Å². The molecule has 5 nitrogen and oxygen atoms in total. The number of carbonyl (C=O) groups is 1. The summed E-state index contributed by atoms with van der Waals surface area (Å²) in [5, 5.41) is 3.16. The predicted octanol–water partition coefficient (Wildman–Crippen LogP) is 2.73. The van der Waals surface area contributed by atoms with Crippen LogP contribution >= 0.6 is 0 Å². The number of hydrogen-bond donors (Lipinski definition) is 1. The molecule has 0 bridgehead atoms. The fraction of sp³-hybridized carbons (Fsp3) is 0.263. The second kappa shape index (κ2) is 6.00. The zero-order valence-electron chi connectivity index (χ0n) is 13.6. The van der Waals surface area contributed by atoms with E-state index < -0.39 is 0 Å². The van der Waals surface area contributed by atoms with Gasteiger partial charge in [0.05, 0.1) is 0 Å². The zero-order chi connectivity index (χ0) is 16.5. The van der Waals surface area contributed by atoms with Crippen molar-refractivity contribution in [3.05, 3.63) is 72.1 Å². The molecule has 2 aromatic heterocycles. The average molecular weight is 320 g/mol. The predicted molar refractivity (Wildman–Crippen MR) is 92.3 cm³/mol. The van der Waals surface area contributed by atoms with E-state index in [4.69, 9.17) is 0 Å². The van der Waals surface area contributed by atoms with Gasteiger partial charge < -0.3 is 14.5 Å². The number of nitrogens with zero attached hydrogens (tertiary/aromatic N) is 3. The summed E-state index contributed by atoms with van der Waals surface area (Å²) in [6.45, 7) is 2.84. The molecule has 0 spiro atoms. The number of rotatable bonds is 3. The molecule has 1 aromatic carbocycles. The average Bonchev–Trinajstić information content (AvgIpc) is 3.26. The van der Waals surface area contributed by atoms with Crippen LogP contribution in [-0.2, 0) is 13.0 Å². The second-order valence-electron chi connectivity index (χ2n) is 6.30. The smallest absolute Gasteiger partial charge is 0.251 e. The highest BCUT2D eigenvalue weighted by atomic mass is 16.1. The Hall–Kier alpha value is -2.82. The maximum atomic E-state index is 12.7. The highest BCUT2D eigenvalue weighted by molar-refractivity contribution is 5.95. The number of hydrogen-bond acceptors (Lipinski definition) is 2. The van der Waals surface area contributed by atoms with Gasteiger partial charge in [0, 0.05) is 55.0 Å². The molecule has 0 aliphatic carbocycles. The first kappa shape index (κ1) is 14.8. The van der Waals surface area contributed by atoms with E-state index in [1.165, 1.54) is 0 Å². The molecule has 3 heterocycles. The number of fused-ring (bicyclic) bond motifs is 1. The SMILES string of the molecule is Cc1ccc(C(=O)NC2CCc3nccn3C2)cc1-n1cccc1. The van der Waals surface area contributed by atoms with Gasteiger partial charge in [-0.05, 0) is 43.2 Å². The zero-order valence-corrected chi connectivity index (χ0v) is 13.6. The molecular weight excluding hydrogens is 300 g/mol. The minimum Gasteiger partial charge on any atom is -0.347 e. The fourth-order valence-electron chi connectivity index (χ4n) is 3.28. The van der Waals surface area contributed by atoms with Crippen molar-refractivity contribution in [3.8, 4) is 5.69 Å². The standard InChI is InChI=1S/C19H20N4O/c1-14-4-5-15(12-17(14)22-9-2-3-10-22)19(24)21-16-6-7-18-20-8-11-23(18)13-16/h2-5,8-12,16H,6-7,13H2,1H3,(H,21,24). The first-order chi connectivity index (χ1) is 11.7. The Kier molecular flexibility index (Phi) is 3.69. The molecule has 1 N–H and O–H groups in total. The lowest BCUT2D eigenvalue weighted by Crippen LogP contribution is -2.40. The van der Waals surface area contributed by atoms with Gasteiger partial charge in [0.1, 0.15) is 5.82 Å². The summed E-state index contributed by atoms with van der Waals surface area (Å²) in [5.74, 6) is 1.09. The van der Waals surface area contributed by atoms with Crippen molar-refractivity contribution in [2.45, 2.75) is 32.4 Å². The number of benzene rings is 1. The minimum atomic E-state index is -0.0167. The molecule has 0 saturated heterocycles. The van der Waals surface area contributed by atoms with Crippen LogP contribution in [0, 0.1) is 6.92 Å². The van der Waals surface area contributed by atoms with Gasteiger partial charge >= 0.3 is 0 Å². The van der Waals surface area contributed by atoms with E-state index >= 15 is 0 Å². The van der Waals surface area contributed by atoms with Crippen molar-refractivity contribution in [1.82, 2.24) is 19.4 Å². The molecule has 1 amide bonds. The minimum absolute atomic E-state index is 0.0167. The molecule has 1 atom stereocenters. The Morgan fingerprint density at radius 3 is 2.92 bits per heavy atom. The van der Waals surface area contributed by atoms with Gasteiger partial charge in [-0.1, -0.05) is 6.07 Å². The van der Waals surface area contributed by atoms with Crippen LogP contribution in [0.2, 0.25) is 0 Å². The third kappa shape index (κ3) is 2.73. The normalized spacial score (nSPS) is 16.6. The third-order valence-electron chi connectivity index (χ3n) is 4.62. The first-order valence-electron chi connectivity index (χ1n) is 8.25. The van der Waals surface area contributed by atoms with E-state index in [1.807, 2.05) is 59.7 Å². The monoisotopic (exact) mass is 320 g/mol. The molecule has 4 rings (SSSR count). The van der Waals surface area contributed by atoms with Crippen molar-refractivity contribution < 1.29 is 4.79 Å². The molecule has 3 aromatic rings. The Morgan fingerprint density at radius 1 is 1.25 bits per heavy atom. The Labute approximate surface area is 140 Å². The van der Waals surface area contributed by atoms with Crippen LogP contribution in [0.15, 0.2) is 55.1 Å². The molecule has 1 aliphatic rings. The van der Waals surface area contributed by atoms with Crippen molar-refractivity contribution in [1.29, 1.82) is 0 Å². The number of aromatic nitrogens is 3. The molecule has 0 fully saturated rings. The van der Waals surface area contributed by atoms with Crippen LogP contribution in [0.5, 0.6) is 0 Å². The van der Waals surface area contributed by atoms with Crippen LogP contribution in [0.1, 0.15) is 28.2 Å². The molecule has 122 valence electrons. The van der Waals surface area contributed by atoms with E-state index in [0.717, 1.165) is 36.5 Å². The molecule has 0 saturated carbocycles. The summed E-state index contributed by atoms with van der Waals surface area (Å²) in [6.07, 6.45) is 9.61. The first-order valence-corrected chi connectivity index (χ1v) is 8.25. The summed E-state index contributed by atoms with van der Waals surface area (Å²) in [4.78, 5) is 17.0. The summed E-state index contributed by atoms with van der Waals surface area (Å²) in [5.41, 5.74) is 2.87. The van der Waals surface area contributed by atoms with Gasteiger partial charge in [-0.2, -0.15) is 0 Å². The van der Waals surface area contributed by atoms with Crippen LogP contribution < -0.4 is 5.32 Å². The Morgan fingerprint density at radius 2 is 2.08 bits per heavy atom. The van der Waals surface area contributed by atoms with E-state index in [1.54, 1.807) is 0 Å². The fourth-order valence-corrected chi connectivity index (χ4v) is 3.28. The molecule has 24 heavy (non-hydrogen) atoms. The van der Waals surface area contributed by atoms with E-state index in [-0.39, 0.29) is 11.9 Å². The molecule has 5 heteroatoms. The summed E-state index contributed by atoms with van der Waals surface area (Å²) in [7, 11) is 0. The van der Waals surface area contributed by atoms with Crippen LogP contribution in [0.4, 0.5) is 0 Å². The highest BCUT2D eigenvalue weighted by Crippen LogP contribution is 2.18. The maximum Gasteiger partial charge on any atom is 0.251 e. The summed E-state index contributed by atoms with van der Waals surface area (Å²) < 4.78 is 4.15. The summed E-state index contributed by atoms with van der Waals surface area (Å²) >= 11 is 0. The van der Waals surface area contributed by atoms with Crippen molar-refractivity contribution >= 4 is 5.91 Å². The van der Waals surface area contributed by atoms with Crippen LogP contribution in [0.25, 0.3) is 5.69 Å². The lowest BCUT2D eigenvalue weighted by atomic mass is 10.1. The number of aryl methyl sites for hydroxylation is 2. The van der Waals surface area contributed by atoms with Crippen molar-refractivity contribution in [3.63, 3.8) is 0 Å². The van der Waals surface area contributed by atoms with Gasteiger partial charge in [-0.15, -0.1) is 0 Å². The lowest BCUT2D eigenvalue weighted by molar-refractivity contribution is 0.0927. The number of amides is 1. The Bertz CT molecular complexity index is 863. The topological polar surface area (TPSA) is 51.9 Å². The van der Waals surface area contributed by atoms with Gasteiger partial charge in [-0.3, -0.25) is 4.79 Å². The van der Waals surface area contributed by atoms with Gasteiger partial charge in [0.2, 0.25) is 0 Å². The molecule has 0 radical (unpaired) electrons. The van der Waals surface area contributed by atoms with E-state index in [9.17, 15) is 4.79 Å². The summed E-state index contributed by atoms with van der Waals surface area (Å²) in [6, 6.07) is 9.96. The van der Waals surface area contributed by atoms with Crippen LogP contribution in [0.3, 0.4) is 0 Å². The Balaban J connectivity index is 1.52.